The summed E-state index contributed by atoms with van der Waals surface area (Å²) in [5, 5.41) is 0.362. The Balaban J connectivity index is 1.72. The zero-order valence-corrected chi connectivity index (χ0v) is 21.9. The van der Waals surface area contributed by atoms with Crippen LogP contribution in [0.5, 0.6) is 5.75 Å². The quantitative estimate of drug-likeness (QED) is 0.352. The maximum atomic E-state index is 6.49. The lowest BCUT2D eigenvalue weighted by Crippen LogP contribution is -2.46. The fourth-order valence-corrected chi connectivity index (χ4v) is 4.59. The van der Waals surface area contributed by atoms with Crippen molar-refractivity contribution in [3.63, 3.8) is 0 Å². The topological polar surface area (TPSA) is 71.9 Å². The van der Waals surface area contributed by atoms with Crippen molar-refractivity contribution in [2.75, 3.05) is 59.2 Å². The van der Waals surface area contributed by atoms with Crippen LogP contribution in [0.25, 0.3) is 0 Å². The third-order valence-corrected chi connectivity index (χ3v) is 6.86. The summed E-state index contributed by atoms with van der Waals surface area (Å²) in [6, 6.07) is 0. The zero-order chi connectivity index (χ0) is 24.7. The number of rotatable bonds is 8. The summed E-state index contributed by atoms with van der Waals surface area (Å²) in [7, 11) is 3.34. The minimum absolute atomic E-state index is 0.362. The average Bonchev–Trinajstić information content (AvgIpc) is 3.15. The third kappa shape index (κ3) is 6.12. The lowest BCUT2D eigenvalue weighted by molar-refractivity contribution is 0.136. The van der Waals surface area contributed by atoms with Gasteiger partial charge >= 0.3 is 0 Å². The maximum absolute atomic E-state index is 6.49. The van der Waals surface area contributed by atoms with Gasteiger partial charge in [0, 0.05) is 63.2 Å². The van der Waals surface area contributed by atoms with Gasteiger partial charge in [0.1, 0.15) is 16.7 Å². The summed E-state index contributed by atoms with van der Waals surface area (Å²) < 4.78 is 7.49. The molecule has 1 aliphatic heterocycles. The van der Waals surface area contributed by atoms with E-state index in [-0.39, 0.29) is 0 Å². The van der Waals surface area contributed by atoms with Gasteiger partial charge in [-0.1, -0.05) is 30.4 Å². The molecule has 2 aromatic heterocycles. The van der Waals surface area contributed by atoms with Crippen LogP contribution in [-0.2, 0) is 6.54 Å². The molecule has 0 saturated carbocycles. The Morgan fingerprint density at radius 1 is 1.24 bits per heavy atom. The number of piperazine rings is 1. The van der Waals surface area contributed by atoms with E-state index >= 15 is 0 Å². The van der Waals surface area contributed by atoms with E-state index in [9.17, 15) is 0 Å². The molecular weight excluding hydrogens is 448 g/mol. The first kappa shape index (κ1) is 26.1. The van der Waals surface area contributed by atoms with Crippen LogP contribution in [0, 0.1) is 25.7 Å². The number of aromatic nitrogens is 2. The predicted molar refractivity (Wildman–Crippen MR) is 141 cm³/mol. The molecule has 0 spiro atoms. The number of ether oxygens (including phenoxy) is 1. The van der Waals surface area contributed by atoms with E-state index in [1.807, 2.05) is 30.8 Å². The van der Waals surface area contributed by atoms with Crippen LogP contribution in [0.3, 0.4) is 0 Å². The Kier molecular flexibility index (Phi) is 9.40. The Hall–Kier alpha value is -2.53. The molecule has 1 saturated heterocycles. The third-order valence-electron chi connectivity index (χ3n) is 6.50. The van der Waals surface area contributed by atoms with Crippen LogP contribution < -0.4 is 10.5 Å². The van der Waals surface area contributed by atoms with Crippen LogP contribution in [0.2, 0.25) is 0 Å². The van der Waals surface area contributed by atoms with E-state index in [1.54, 1.807) is 14.2 Å². The number of nitrogens with zero attached hydrogens (tertiary/aromatic N) is 5. The van der Waals surface area contributed by atoms with Crippen molar-refractivity contribution in [2.45, 2.75) is 40.2 Å². The number of aryl methyl sites for hydroxylation is 1. The monoisotopic (exact) mass is 484 g/mol. The summed E-state index contributed by atoms with van der Waals surface area (Å²) in [4.78, 5) is 13.8. The summed E-state index contributed by atoms with van der Waals surface area (Å²) in [6.07, 6.45) is 5.65. The molecule has 0 amide bonds. The van der Waals surface area contributed by atoms with Crippen molar-refractivity contribution in [1.29, 1.82) is 0 Å². The minimum atomic E-state index is 0.362. The lowest BCUT2D eigenvalue weighted by Gasteiger charge is -2.33. The largest absolute Gasteiger partial charge is 0.496 e. The van der Waals surface area contributed by atoms with E-state index in [1.165, 1.54) is 0 Å². The molecule has 0 radical (unpaired) electrons. The predicted octanol–water partition coefficient (Wildman–Crippen LogP) is 3.52. The Morgan fingerprint density at radius 3 is 2.59 bits per heavy atom. The fourth-order valence-electron chi connectivity index (χ4n) is 4.40. The normalized spacial score (nSPS) is 15.3. The lowest BCUT2D eigenvalue weighted by atomic mass is 10.1. The maximum Gasteiger partial charge on any atom is 0.135 e. The molecule has 3 rings (SSSR count). The van der Waals surface area contributed by atoms with Crippen LogP contribution in [0.4, 0.5) is 5.82 Å². The van der Waals surface area contributed by atoms with Gasteiger partial charge in [-0.25, -0.2) is 0 Å². The number of pyridine rings is 1. The second kappa shape index (κ2) is 12.3. The molecule has 1 fully saturated rings. The summed E-state index contributed by atoms with van der Waals surface area (Å²) in [5.74, 6) is 7.99. The summed E-state index contributed by atoms with van der Waals surface area (Å²) in [6.45, 7) is 13.6. The Labute approximate surface area is 208 Å². The van der Waals surface area contributed by atoms with E-state index < -0.39 is 0 Å². The smallest absolute Gasteiger partial charge is 0.135 e. The van der Waals surface area contributed by atoms with Gasteiger partial charge in [-0.05, 0) is 33.4 Å². The van der Waals surface area contributed by atoms with Crippen LogP contribution in [-0.4, -0.2) is 77.9 Å². The zero-order valence-electron chi connectivity index (χ0n) is 21.1. The minimum Gasteiger partial charge on any atom is -0.496 e. The van der Waals surface area contributed by atoms with Gasteiger partial charge in [-0.3, -0.25) is 9.98 Å². The highest BCUT2D eigenvalue weighted by atomic mass is 35.5. The highest BCUT2D eigenvalue weighted by Gasteiger charge is 2.18. The number of aliphatic imine (C=N–C) groups is 1. The van der Waals surface area contributed by atoms with Crippen molar-refractivity contribution in [3.8, 4) is 17.6 Å². The number of unbranched alkanes of at least 4 members (excludes halogenated alkanes) is 1. The van der Waals surface area contributed by atoms with Gasteiger partial charge in [0.05, 0.1) is 30.5 Å². The fraction of sp³-hybridized carbons (Fsp3) is 0.538. The standard InChI is InChI=1S/C26H37ClN6O/c1-6-31-12-14-32(15-13-31)11-9-7-8-10-21-17-33(26(28)23(21)25(27)29-4)18-22-20(3)24(34-5)19(2)16-30-22/h16-17H,6-7,9,11-15,18,28H2,1-5H3. The van der Waals surface area contributed by atoms with Crippen molar-refractivity contribution < 1.29 is 4.74 Å². The summed E-state index contributed by atoms with van der Waals surface area (Å²) >= 11 is 6.43. The molecule has 0 unspecified atom stereocenters. The number of nitrogens with two attached hydrogens (primary N) is 1. The highest BCUT2D eigenvalue weighted by Crippen LogP contribution is 2.27. The van der Waals surface area contributed by atoms with Crippen molar-refractivity contribution in [1.82, 2.24) is 19.4 Å². The second-order valence-corrected chi connectivity index (χ2v) is 9.03. The van der Waals surface area contributed by atoms with Crippen LogP contribution in [0.1, 0.15) is 47.7 Å². The Bertz CT molecular complexity index is 1070. The molecule has 2 aromatic rings. The van der Waals surface area contributed by atoms with Gasteiger partial charge in [0.2, 0.25) is 0 Å². The number of nitrogen functional groups attached to an aromatic ring is 1. The SMILES string of the molecule is CCN1CCN(CCCC#Cc2cn(Cc3ncc(C)c(OC)c3C)c(N)c2C(Cl)=NC)CC1. The highest BCUT2D eigenvalue weighted by molar-refractivity contribution is 6.70. The summed E-state index contributed by atoms with van der Waals surface area (Å²) in [5.41, 5.74) is 10.9. The van der Waals surface area contributed by atoms with E-state index in [0.29, 0.717) is 23.1 Å². The van der Waals surface area contributed by atoms with Crippen LogP contribution >= 0.6 is 11.6 Å². The van der Waals surface area contributed by atoms with E-state index in [0.717, 1.165) is 80.2 Å². The molecule has 34 heavy (non-hydrogen) atoms. The number of hydrogen-bond donors (Lipinski definition) is 1. The van der Waals surface area contributed by atoms with Gasteiger partial charge in [0.15, 0.2) is 0 Å². The molecule has 0 atom stereocenters. The second-order valence-electron chi connectivity index (χ2n) is 8.67. The Morgan fingerprint density at radius 2 is 1.94 bits per heavy atom. The molecule has 8 heteroatoms. The number of anilines is 1. The van der Waals surface area contributed by atoms with Crippen molar-refractivity contribution in [3.05, 3.63) is 40.3 Å². The first-order valence-corrected chi connectivity index (χ1v) is 12.3. The van der Waals surface area contributed by atoms with Crippen molar-refractivity contribution in [2.24, 2.45) is 4.99 Å². The van der Waals surface area contributed by atoms with Crippen LogP contribution in [0.15, 0.2) is 17.4 Å². The number of likely N-dealkylation sites (N-methyl/N-ethyl adjacent to an activating group) is 1. The molecule has 3 heterocycles. The first-order valence-electron chi connectivity index (χ1n) is 11.9. The van der Waals surface area contributed by atoms with E-state index in [4.69, 9.17) is 22.1 Å². The number of halogens is 1. The molecule has 0 aliphatic carbocycles. The van der Waals surface area contributed by atoms with Gasteiger partial charge < -0.3 is 24.8 Å². The first-order chi connectivity index (χ1) is 16.4. The average molecular weight is 485 g/mol. The molecule has 7 nitrogen and oxygen atoms in total. The molecule has 184 valence electrons. The number of hydrogen-bond acceptors (Lipinski definition) is 6. The molecule has 0 aromatic carbocycles. The molecule has 2 N–H and O–H groups in total. The van der Waals surface area contributed by atoms with Gasteiger partial charge in [0.25, 0.3) is 0 Å². The molecular formula is C26H37ClN6O. The number of methoxy groups -OCH3 is 1. The molecule has 1 aliphatic rings. The van der Waals surface area contributed by atoms with Gasteiger partial charge in [-0.15, -0.1) is 0 Å². The molecule has 0 bridgehead atoms. The van der Waals surface area contributed by atoms with Crippen molar-refractivity contribution >= 4 is 22.6 Å². The van der Waals surface area contributed by atoms with E-state index in [2.05, 4.69) is 38.5 Å². The van der Waals surface area contributed by atoms with Gasteiger partial charge in [-0.2, -0.15) is 0 Å².